The van der Waals surface area contributed by atoms with E-state index in [1.165, 1.54) is 9.91 Å². The van der Waals surface area contributed by atoms with Gasteiger partial charge in [-0.1, -0.05) is 63.9 Å². The minimum Gasteiger partial charge on any atom is -0.464 e. The second-order valence-corrected chi connectivity index (χ2v) is 22.0. The zero-order valence-corrected chi connectivity index (χ0v) is 44.4. The Hall–Kier alpha value is -6.12. The van der Waals surface area contributed by atoms with Crippen molar-refractivity contribution in [3.05, 3.63) is 77.6 Å². The summed E-state index contributed by atoms with van der Waals surface area (Å²) in [5, 5.41) is 5.62. The number of carbonyl (C=O) groups is 5. The van der Waals surface area contributed by atoms with Crippen LogP contribution in [0.1, 0.15) is 96.6 Å². The Morgan fingerprint density at radius 3 is 2.59 bits per heavy atom. The fraction of sp³-hybridized carbons (Fsp3) is 0.552. The number of cyclic esters (lactones) is 1. The third-order valence-electron chi connectivity index (χ3n) is 15.9. The number of carbonyl (C=O) groups excluding carboxylic acids is 5. The monoisotopic (exact) mass is 1010 g/mol. The molecule has 5 aliphatic heterocycles. The van der Waals surface area contributed by atoms with Crippen LogP contribution in [0.5, 0.6) is 0 Å². The van der Waals surface area contributed by atoms with E-state index in [-0.39, 0.29) is 49.5 Å². The van der Waals surface area contributed by atoms with Crippen molar-refractivity contribution in [2.24, 2.45) is 17.3 Å². The summed E-state index contributed by atoms with van der Waals surface area (Å²) in [4.78, 5) is 81.6. The van der Waals surface area contributed by atoms with Crippen molar-refractivity contribution in [2.75, 3.05) is 60.2 Å². The molecular formula is C58H74N8O8. The second kappa shape index (κ2) is 22.4. The number of likely N-dealkylation sites (N-methyl/N-ethyl adjacent to an activating group) is 1. The van der Waals surface area contributed by atoms with E-state index < -0.39 is 47.2 Å². The highest BCUT2D eigenvalue weighted by molar-refractivity contribution is 5.97. The average Bonchev–Trinajstić information content (AvgIpc) is 4.15. The molecule has 0 saturated carbocycles. The van der Waals surface area contributed by atoms with E-state index in [2.05, 4.69) is 89.2 Å². The van der Waals surface area contributed by atoms with Crippen molar-refractivity contribution in [2.45, 2.75) is 129 Å². The number of amides is 4. The largest absolute Gasteiger partial charge is 0.464 e. The number of hydrogen-bond donors (Lipinski definition) is 2. The lowest BCUT2D eigenvalue weighted by Crippen LogP contribution is -2.62. The van der Waals surface area contributed by atoms with E-state index in [0.717, 1.165) is 69.5 Å². The molecule has 5 aliphatic rings. The number of fused-ring (bicyclic) bond motifs is 7. The molecule has 4 amide bonds. The summed E-state index contributed by atoms with van der Waals surface area (Å²) in [6.45, 7) is 16.1. The van der Waals surface area contributed by atoms with Crippen molar-refractivity contribution in [1.29, 1.82) is 0 Å². The number of aromatic nitrogens is 2. The number of nitrogens with one attached hydrogen (secondary N) is 2. The topological polar surface area (TPSA) is 168 Å². The highest BCUT2D eigenvalue weighted by atomic mass is 16.5. The van der Waals surface area contributed by atoms with E-state index in [4.69, 9.17) is 19.2 Å². The lowest BCUT2D eigenvalue weighted by molar-refractivity contribution is -0.155. The van der Waals surface area contributed by atoms with Gasteiger partial charge in [-0.3, -0.25) is 38.9 Å². The summed E-state index contributed by atoms with van der Waals surface area (Å²) in [7, 11) is 3.32. The average molecular weight is 1010 g/mol. The molecule has 7 atom stereocenters. The van der Waals surface area contributed by atoms with Gasteiger partial charge in [-0.25, -0.2) is 5.43 Å². The molecule has 0 unspecified atom stereocenters. The molecule has 0 aliphatic carbocycles. The number of aryl methyl sites for hydroxylation is 1. The molecular weight excluding hydrogens is 937 g/mol. The lowest BCUT2D eigenvalue weighted by Gasteiger charge is -2.37. The van der Waals surface area contributed by atoms with Crippen LogP contribution < -0.4 is 10.7 Å². The van der Waals surface area contributed by atoms with Gasteiger partial charge in [0.25, 0.3) is 11.8 Å². The molecule has 4 aromatic rings. The number of esters is 1. The molecule has 6 bridgehead atoms. The fourth-order valence-electron chi connectivity index (χ4n) is 12.0. The lowest BCUT2D eigenvalue weighted by atomic mass is 9.84. The maximum atomic E-state index is 14.9. The summed E-state index contributed by atoms with van der Waals surface area (Å²) >= 11 is 0. The quantitative estimate of drug-likeness (QED) is 0.150. The van der Waals surface area contributed by atoms with E-state index in [0.29, 0.717) is 64.6 Å². The molecule has 2 aromatic carbocycles. The van der Waals surface area contributed by atoms with Crippen molar-refractivity contribution in [3.8, 4) is 34.2 Å². The van der Waals surface area contributed by atoms with Crippen LogP contribution in [0.25, 0.3) is 33.3 Å². The number of benzene rings is 2. The van der Waals surface area contributed by atoms with Gasteiger partial charge in [-0.05, 0) is 111 Å². The SMILES string of the molecule is CCn1c(-c2cccnc2[C@H](C)OC)c2c3cc(ccc31)-c1cccc(c1)C[C@H](NC(=O)[C@H](C(C)C)N(C)C(=O)[C@H]1CCN(C(=O)C#C[C@@H]3CC[C@@H]4COCCN43)C1)C(=O)N1CCC[C@H](N1)C(=O)OCC(C)(C)C2. The number of likely N-dealkylation sites (tertiary alicyclic amines) is 1. The molecule has 7 heterocycles. The fourth-order valence-corrected chi connectivity index (χ4v) is 12.0. The zero-order valence-electron chi connectivity index (χ0n) is 44.4. The Morgan fingerprint density at radius 1 is 1.00 bits per heavy atom. The van der Waals surface area contributed by atoms with Crippen molar-refractivity contribution < 1.29 is 38.2 Å². The molecule has 16 nitrogen and oxygen atoms in total. The Labute approximate surface area is 435 Å². The molecule has 74 heavy (non-hydrogen) atoms. The molecule has 4 saturated heterocycles. The number of methoxy groups -OCH3 is 1. The van der Waals surface area contributed by atoms with Gasteiger partial charge < -0.3 is 33.9 Å². The highest BCUT2D eigenvalue weighted by Crippen LogP contribution is 2.42. The van der Waals surface area contributed by atoms with Crippen molar-refractivity contribution >= 4 is 40.5 Å². The number of hydrogen-bond acceptors (Lipinski definition) is 11. The van der Waals surface area contributed by atoms with Crippen LogP contribution in [0.3, 0.4) is 0 Å². The van der Waals surface area contributed by atoms with Gasteiger partial charge >= 0.3 is 5.97 Å². The molecule has 0 spiro atoms. The molecule has 16 heteroatoms. The first-order valence-corrected chi connectivity index (χ1v) is 26.7. The molecule has 394 valence electrons. The number of nitrogens with zero attached hydrogens (tertiary/aromatic N) is 6. The summed E-state index contributed by atoms with van der Waals surface area (Å²) in [5.74, 6) is 3.40. The van der Waals surface area contributed by atoms with E-state index in [9.17, 15) is 24.0 Å². The van der Waals surface area contributed by atoms with Crippen LogP contribution >= 0.6 is 0 Å². The third kappa shape index (κ3) is 11.0. The maximum absolute atomic E-state index is 14.9. The molecule has 2 N–H and O–H groups in total. The summed E-state index contributed by atoms with van der Waals surface area (Å²) in [6, 6.07) is 16.2. The Balaban J connectivity index is 1.00. The van der Waals surface area contributed by atoms with Crippen LogP contribution in [0.15, 0.2) is 60.8 Å². The normalized spacial score (nSPS) is 24.1. The first-order chi connectivity index (χ1) is 35.5. The van der Waals surface area contributed by atoms with Crippen LogP contribution in [-0.4, -0.2) is 149 Å². The van der Waals surface area contributed by atoms with Crippen LogP contribution in [0.2, 0.25) is 0 Å². The minimum atomic E-state index is -1.06. The van der Waals surface area contributed by atoms with Gasteiger partial charge in [0.1, 0.15) is 18.1 Å². The predicted molar refractivity (Wildman–Crippen MR) is 282 cm³/mol. The second-order valence-electron chi connectivity index (χ2n) is 22.0. The number of morpholine rings is 1. The molecule has 2 aromatic heterocycles. The summed E-state index contributed by atoms with van der Waals surface area (Å²) < 4.78 is 20.0. The Morgan fingerprint density at radius 2 is 1.81 bits per heavy atom. The Bertz CT molecular complexity index is 2830. The van der Waals surface area contributed by atoms with Crippen LogP contribution in [0, 0.1) is 29.1 Å². The standard InChI is InChI=1S/C58H74N8O8/c1-9-64-49-21-17-40-31-45(49)46(53(64)44-15-11-24-59-51(44)37(4)72-8)32-58(5,6)35-74-57(71)47-16-12-25-66(61-47)56(70)48(30-38-13-10-14-39(40)29-38)60-54(68)52(36(2)3)62(7)55(69)41-23-26-63(33-41)50(67)22-20-42-18-19-43-34-73-28-27-65(42)43/h10-11,13-15,17,21,24,29,31,36-37,41-43,47-48,52,61H,9,12,16,18-19,23,25-28,30,32-35H2,1-8H3,(H,60,68)/t37-,41-,42-,43+,47-,48-,52-/m0/s1. The molecule has 4 fully saturated rings. The number of hydrazine groups is 1. The van der Waals surface area contributed by atoms with Crippen molar-refractivity contribution in [3.63, 3.8) is 0 Å². The summed E-state index contributed by atoms with van der Waals surface area (Å²) in [6.07, 6.45) is 5.63. The number of pyridine rings is 1. The van der Waals surface area contributed by atoms with Crippen LogP contribution in [-0.2, 0) is 57.6 Å². The Kier molecular flexibility index (Phi) is 15.9. The van der Waals surface area contributed by atoms with Crippen LogP contribution in [0.4, 0.5) is 0 Å². The number of ether oxygens (including phenoxy) is 3. The first kappa shape index (κ1) is 52.7. The van der Waals surface area contributed by atoms with E-state index in [1.807, 2.05) is 39.0 Å². The zero-order chi connectivity index (χ0) is 52.4. The minimum absolute atomic E-state index is 0.0231. The number of rotatable bonds is 9. The smallest absolute Gasteiger partial charge is 0.324 e. The molecule has 0 radical (unpaired) electrons. The third-order valence-corrected chi connectivity index (χ3v) is 15.9. The van der Waals surface area contributed by atoms with Gasteiger partial charge in [0.2, 0.25) is 11.8 Å². The maximum Gasteiger partial charge on any atom is 0.324 e. The van der Waals surface area contributed by atoms with Gasteiger partial charge in [-0.2, -0.15) is 0 Å². The van der Waals surface area contributed by atoms with E-state index in [1.54, 1.807) is 25.3 Å². The van der Waals surface area contributed by atoms with Gasteiger partial charge in [0, 0.05) is 87.4 Å². The van der Waals surface area contributed by atoms with E-state index >= 15 is 0 Å². The van der Waals surface area contributed by atoms with Gasteiger partial charge in [0.05, 0.1) is 49.3 Å². The first-order valence-electron chi connectivity index (χ1n) is 26.7. The van der Waals surface area contributed by atoms with Crippen molar-refractivity contribution in [1.82, 2.24) is 40.0 Å². The van der Waals surface area contributed by atoms with Gasteiger partial charge in [-0.15, -0.1) is 0 Å². The van der Waals surface area contributed by atoms with Gasteiger partial charge in [0.15, 0.2) is 0 Å². The molecule has 9 rings (SSSR count). The summed E-state index contributed by atoms with van der Waals surface area (Å²) in [5.41, 5.74) is 10.5. The predicted octanol–water partition coefficient (Wildman–Crippen LogP) is 5.94. The highest BCUT2D eigenvalue weighted by Gasteiger charge is 2.41.